The average molecular weight is 404 g/mol. The minimum atomic E-state index is -3.07. The second-order valence-electron chi connectivity index (χ2n) is 8.14. The number of piperidine rings is 1. The van der Waals surface area contributed by atoms with E-state index in [0.717, 1.165) is 61.2 Å². The van der Waals surface area contributed by atoms with Gasteiger partial charge in [-0.2, -0.15) is 0 Å². The first-order valence-corrected chi connectivity index (χ1v) is 11.5. The minimum absolute atomic E-state index is 0.126. The van der Waals surface area contributed by atoms with Crippen LogP contribution in [0.4, 0.5) is 5.82 Å². The SMILES string of the molecule is COc1ccc2c(C)cc(N3CCC(CN(C)S(=O)(=O)C4CC4)CC3)nc2c1. The average Bonchev–Trinajstić information content (AvgIpc) is 3.54. The normalized spacial score (nSPS) is 18.8. The van der Waals surface area contributed by atoms with E-state index in [0.29, 0.717) is 12.5 Å². The van der Waals surface area contributed by atoms with Gasteiger partial charge in [0.25, 0.3) is 0 Å². The van der Waals surface area contributed by atoms with E-state index < -0.39 is 10.0 Å². The van der Waals surface area contributed by atoms with Gasteiger partial charge in [0.15, 0.2) is 0 Å². The molecule has 0 atom stereocenters. The van der Waals surface area contributed by atoms with E-state index in [-0.39, 0.29) is 5.25 Å². The second-order valence-corrected chi connectivity index (χ2v) is 10.5. The molecule has 1 aliphatic heterocycles. The Morgan fingerprint density at radius 1 is 1.18 bits per heavy atom. The van der Waals surface area contributed by atoms with Crippen LogP contribution in [0.2, 0.25) is 0 Å². The fourth-order valence-electron chi connectivity index (χ4n) is 4.09. The molecule has 1 aromatic carbocycles. The van der Waals surface area contributed by atoms with E-state index in [2.05, 4.69) is 24.0 Å². The van der Waals surface area contributed by atoms with E-state index >= 15 is 0 Å². The maximum absolute atomic E-state index is 12.4. The summed E-state index contributed by atoms with van der Waals surface area (Å²) >= 11 is 0. The van der Waals surface area contributed by atoms with E-state index in [1.807, 2.05) is 12.1 Å². The summed E-state index contributed by atoms with van der Waals surface area (Å²) in [6.07, 6.45) is 3.62. The molecule has 0 radical (unpaired) electrons. The zero-order chi connectivity index (χ0) is 19.9. The predicted octanol–water partition coefficient (Wildman–Crippen LogP) is 3.19. The second kappa shape index (κ2) is 7.52. The molecule has 0 amide bonds. The molecule has 0 bridgehead atoms. The highest BCUT2D eigenvalue weighted by molar-refractivity contribution is 7.90. The number of fused-ring (bicyclic) bond motifs is 1. The summed E-state index contributed by atoms with van der Waals surface area (Å²) in [5.41, 5.74) is 2.16. The molecule has 7 heteroatoms. The summed E-state index contributed by atoms with van der Waals surface area (Å²) in [7, 11) is 0.336. The lowest BCUT2D eigenvalue weighted by molar-refractivity contribution is 0.327. The number of rotatable bonds is 6. The summed E-state index contributed by atoms with van der Waals surface area (Å²) in [6, 6.07) is 8.16. The van der Waals surface area contributed by atoms with Crippen molar-refractivity contribution in [3.05, 3.63) is 29.8 Å². The van der Waals surface area contributed by atoms with Gasteiger partial charge >= 0.3 is 0 Å². The highest BCUT2D eigenvalue weighted by atomic mass is 32.2. The molecule has 0 unspecified atom stereocenters. The Morgan fingerprint density at radius 3 is 2.54 bits per heavy atom. The molecule has 1 saturated heterocycles. The van der Waals surface area contributed by atoms with Crippen LogP contribution >= 0.6 is 0 Å². The predicted molar refractivity (Wildman–Crippen MR) is 113 cm³/mol. The summed E-state index contributed by atoms with van der Waals surface area (Å²) in [6.45, 7) is 4.56. The van der Waals surface area contributed by atoms with Gasteiger partial charge in [-0.25, -0.2) is 17.7 Å². The third-order valence-corrected chi connectivity index (χ3v) is 8.38. The van der Waals surface area contributed by atoms with Crippen LogP contribution in [-0.4, -0.2) is 56.7 Å². The molecular formula is C21H29N3O3S. The van der Waals surface area contributed by atoms with Gasteiger partial charge in [0.1, 0.15) is 11.6 Å². The van der Waals surface area contributed by atoms with Gasteiger partial charge in [-0.15, -0.1) is 0 Å². The van der Waals surface area contributed by atoms with E-state index in [4.69, 9.17) is 9.72 Å². The molecule has 152 valence electrons. The highest BCUT2D eigenvalue weighted by Crippen LogP contribution is 2.32. The molecule has 4 rings (SSSR count). The molecular weight excluding hydrogens is 374 g/mol. The van der Waals surface area contributed by atoms with Crippen molar-refractivity contribution in [3.63, 3.8) is 0 Å². The van der Waals surface area contributed by atoms with Gasteiger partial charge in [-0.1, -0.05) is 0 Å². The molecule has 28 heavy (non-hydrogen) atoms. The number of pyridine rings is 1. The summed E-state index contributed by atoms with van der Waals surface area (Å²) in [5.74, 6) is 2.22. The monoisotopic (exact) mass is 403 g/mol. The zero-order valence-corrected chi connectivity index (χ0v) is 17.7. The molecule has 2 fully saturated rings. The fraction of sp³-hybridized carbons (Fsp3) is 0.571. The van der Waals surface area contributed by atoms with E-state index in [1.54, 1.807) is 18.5 Å². The van der Waals surface area contributed by atoms with Crippen LogP contribution in [0.5, 0.6) is 5.75 Å². The van der Waals surface area contributed by atoms with Crippen LogP contribution in [0.25, 0.3) is 10.9 Å². The molecule has 0 N–H and O–H groups in total. The smallest absolute Gasteiger partial charge is 0.216 e. The number of sulfonamides is 1. The van der Waals surface area contributed by atoms with Crippen LogP contribution in [-0.2, 0) is 10.0 Å². The molecule has 2 aliphatic rings. The van der Waals surface area contributed by atoms with Crippen molar-refractivity contribution < 1.29 is 13.2 Å². The molecule has 1 aromatic heterocycles. The van der Waals surface area contributed by atoms with Gasteiger partial charge in [-0.05, 0) is 62.3 Å². The van der Waals surface area contributed by atoms with Crippen LogP contribution in [0, 0.1) is 12.8 Å². The van der Waals surface area contributed by atoms with Crippen molar-refractivity contribution in [2.75, 3.05) is 38.7 Å². The molecule has 6 nitrogen and oxygen atoms in total. The number of hydrogen-bond donors (Lipinski definition) is 0. The number of hydrogen-bond acceptors (Lipinski definition) is 5. The van der Waals surface area contributed by atoms with Gasteiger partial charge < -0.3 is 9.64 Å². The zero-order valence-electron chi connectivity index (χ0n) is 16.9. The Bertz CT molecular complexity index is 964. The minimum Gasteiger partial charge on any atom is -0.497 e. The topological polar surface area (TPSA) is 62.7 Å². The van der Waals surface area contributed by atoms with Crippen LogP contribution in [0.1, 0.15) is 31.2 Å². The Labute approximate surface area is 167 Å². The van der Waals surface area contributed by atoms with Gasteiger partial charge in [0, 0.05) is 38.1 Å². The van der Waals surface area contributed by atoms with Crippen LogP contribution in [0.3, 0.4) is 0 Å². The van der Waals surface area contributed by atoms with Crippen molar-refractivity contribution in [1.82, 2.24) is 9.29 Å². The number of anilines is 1. The summed E-state index contributed by atoms with van der Waals surface area (Å²) in [5, 5.41) is 1.02. The molecule has 0 spiro atoms. The standard InChI is InChI=1S/C21H29N3O3S/c1-15-12-21(22-20-13-17(27-3)4-7-19(15)20)24-10-8-16(9-11-24)14-23(2)28(25,26)18-5-6-18/h4,7,12-13,16,18H,5-6,8-11,14H2,1-3H3. The fourth-order valence-corrected chi connectivity index (χ4v) is 5.75. The lowest BCUT2D eigenvalue weighted by atomic mass is 9.96. The Morgan fingerprint density at radius 2 is 1.89 bits per heavy atom. The summed E-state index contributed by atoms with van der Waals surface area (Å²) in [4.78, 5) is 7.18. The first-order valence-electron chi connectivity index (χ1n) is 10.0. The lowest BCUT2D eigenvalue weighted by Crippen LogP contribution is -2.40. The Hall–Kier alpha value is -1.86. The third-order valence-electron chi connectivity index (χ3n) is 6.04. The first-order chi connectivity index (χ1) is 13.4. The van der Waals surface area contributed by atoms with Crippen LogP contribution < -0.4 is 9.64 Å². The molecule has 2 heterocycles. The van der Waals surface area contributed by atoms with Crippen molar-refractivity contribution in [2.45, 2.75) is 37.9 Å². The Balaban J connectivity index is 1.43. The highest BCUT2D eigenvalue weighted by Gasteiger charge is 2.39. The molecule has 1 aliphatic carbocycles. The van der Waals surface area contributed by atoms with Crippen molar-refractivity contribution in [1.29, 1.82) is 0 Å². The third kappa shape index (κ3) is 3.82. The number of nitrogens with zero attached hydrogens (tertiary/aromatic N) is 3. The van der Waals surface area contributed by atoms with Crippen molar-refractivity contribution in [2.24, 2.45) is 5.92 Å². The Kier molecular flexibility index (Phi) is 5.22. The number of methoxy groups -OCH3 is 1. The van der Waals surface area contributed by atoms with Crippen LogP contribution in [0.15, 0.2) is 24.3 Å². The van der Waals surface area contributed by atoms with E-state index in [9.17, 15) is 8.42 Å². The largest absolute Gasteiger partial charge is 0.497 e. The number of aromatic nitrogens is 1. The van der Waals surface area contributed by atoms with E-state index in [1.165, 1.54) is 5.56 Å². The van der Waals surface area contributed by atoms with Gasteiger partial charge in [-0.3, -0.25) is 0 Å². The maximum atomic E-state index is 12.4. The molecule has 2 aromatic rings. The number of ether oxygens (including phenoxy) is 1. The van der Waals surface area contributed by atoms with Gasteiger partial charge in [0.05, 0.1) is 17.9 Å². The maximum Gasteiger partial charge on any atom is 0.216 e. The quantitative estimate of drug-likeness (QED) is 0.741. The lowest BCUT2D eigenvalue weighted by Gasteiger charge is -2.34. The van der Waals surface area contributed by atoms with Crippen molar-refractivity contribution >= 4 is 26.7 Å². The van der Waals surface area contributed by atoms with Gasteiger partial charge in [0.2, 0.25) is 10.0 Å². The first kappa shape index (κ1) is 19.5. The number of aryl methyl sites for hydroxylation is 1. The van der Waals surface area contributed by atoms with Crippen molar-refractivity contribution in [3.8, 4) is 5.75 Å². The molecule has 1 saturated carbocycles. The summed E-state index contributed by atoms with van der Waals surface area (Å²) < 4.78 is 31.7. The number of benzene rings is 1.